The van der Waals surface area contributed by atoms with Gasteiger partial charge in [-0.25, -0.2) is 15.0 Å². The number of pyridine rings is 1. The number of aryl methyl sites for hydroxylation is 2. The van der Waals surface area contributed by atoms with E-state index in [9.17, 15) is 4.79 Å². The van der Waals surface area contributed by atoms with Gasteiger partial charge in [-0.05, 0) is 56.5 Å². The molecule has 3 aromatic heterocycles. The molecule has 7 nitrogen and oxygen atoms in total. The molecule has 0 bridgehead atoms. The largest absolute Gasteiger partial charge is 0.351 e. The average molecular weight is 427 g/mol. The number of rotatable bonds is 4. The molecule has 1 aliphatic rings. The van der Waals surface area contributed by atoms with Crippen LogP contribution < -0.4 is 5.32 Å². The number of hydrogen-bond acceptors (Lipinski definition) is 5. The molecule has 5 rings (SSSR count). The van der Waals surface area contributed by atoms with Gasteiger partial charge in [-0.2, -0.15) is 0 Å². The van der Waals surface area contributed by atoms with Crippen molar-refractivity contribution >= 4 is 28.4 Å². The summed E-state index contributed by atoms with van der Waals surface area (Å²) in [5.41, 5.74) is 3.71. The zero-order valence-corrected chi connectivity index (χ0v) is 18.3. The van der Waals surface area contributed by atoms with Crippen LogP contribution in [0.3, 0.4) is 0 Å². The zero-order chi connectivity index (χ0) is 22.1. The normalized spacial score (nSPS) is 16.3. The van der Waals surface area contributed by atoms with Gasteiger partial charge in [0.15, 0.2) is 0 Å². The number of fused-ring (bicyclic) bond motifs is 1. The topological polar surface area (TPSA) is 86.8 Å². The summed E-state index contributed by atoms with van der Waals surface area (Å²) in [4.78, 5) is 32.0. The molecule has 2 N–H and O–H groups in total. The highest BCUT2D eigenvalue weighted by Gasteiger charge is 2.27. The van der Waals surface area contributed by atoms with Crippen LogP contribution in [0.15, 0.2) is 54.7 Å². The fourth-order valence-corrected chi connectivity index (χ4v) is 4.36. The van der Waals surface area contributed by atoms with Gasteiger partial charge in [-0.1, -0.05) is 18.2 Å². The van der Waals surface area contributed by atoms with Crippen LogP contribution >= 0.6 is 0 Å². The number of likely N-dealkylation sites (tertiary alicyclic amines) is 1. The second-order valence-electron chi connectivity index (χ2n) is 8.43. The van der Waals surface area contributed by atoms with Crippen molar-refractivity contribution in [1.29, 1.82) is 0 Å². The maximum absolute atomic E-state index is 13.2. The lowest BCUT2D eigenvalue weighted by molar-refractivity contribution is 0.0701. The van der Waals surface area contributed by atoms with E-state index >= 15 is 0 Å². The summed E-state index contributed by atoms with van der Waals surface area (Å²) in [7, 11) is 0. The van der Waals surface area contributed by atoms with Gasteiger partial charge in [-0.3, -0.25) is 4.79 Å². The molecule has 0 radical (unpaired) electrons. The third kappa shape index (κ3) is 4.19. The quantitative estimate of drug-likeness (QED) is 0.492. The van der Waals surface area contributed by atoms with Gasteiger partial charge < -0.3 is 15.2 Å². The number of carbonyl (C=O) groups is 1. The first kappa shape index (κ1) is 20.2. The smallest absolute Gasteiger partial charge is 0.270 e. The Balaban J connectivity index is 1.35. The number of benzene rings is 1. The Labute approximate surface area is 186 Å². The summed E-state index contributed by atoms with van der Waals surface area (Å²) in [5, 5.41) is 4.34. The van der Waals surface area contributed by atoms with Crippen LogP contribution in [0, 0.1) is 13.8 Å². The molecule has 1 saturated heterocycles. The fourth-order valence-electron chi connectivity index (χ4n) is 4.36. The number of amides is 1. The van der Waals surface area contributed by atoms with Crippen molar-refractivity contribution in [2.45, 2.75) is 32.6 Å². The Hall–Kier alpha value is -3.74. The molecule has 4 heterocycles. The van der Waals surface area contributed by atoms with E-state index in [1.807, 2.05) is 67.3 Å². The number of hydrogen-bond donors (Lipinski definition) is 2. The maximum Gasteiger partial charge on any atom is 0.270 e. The average Bonchev–Trinajstić information content (AvgIpc) is 3.23. The molecule has 1 amide bonds. The second kappa shape index (κ2) is 8.42. The molecule has 1 aromatic carbocycles. The minimum absolute atomic E-state index is 0.0407. The van der Waals surface area contributed by atoms with Crippen molar-refractivity contribution in [1.82, 2.24) is 24.8 Å². The van der Waals surface area contributed by atoms with Crippen molar-refractivity contribution in [3.8, 4) is 0 Å². The van der Waals surface area contributed by atoms with Crippen LogP contribution in [0.25, 0.3) is 10.9 Å². The molecule has 4 aromatic rings. The summed E-state index contributed by atoms with van der Waals surface area (Å²) in [5.74, 6) is 2.40. The van der Waals surface area contributed by atoms with Gasteiger partial charge in [-0.15, -0.1) is 0 Å². The van der Waals surface area contributed by atoms with Crippen LogP contribution in [-0.4, -0.2) is 43.8 Å². The number of anilines is 2. The summed E-state index contributed by atoms with van der Waals surface area (Å²) < 4.78 is 0. The molecule has 162 valence electrons. The molecule has 1 fully saturated rings. The molecular weight excluding hydrogens is 400 g/mol. The van der Waals surface area contributed by atoms with Crippen molar-refractivity contribution in [2.24, 2.45) is 0 Å². The molecule has 32 heavy (non-hydrogen) atoms. The highest BCUT2D eigenvalue weighted by Crippen LogP contribution is 2.29. The minimum atomic E-state index is 0.0407. The summed E-state index contributed by atoms with van der Waals surface area (Å²) in [6.45, 7) is 5.33. The zero-order valence-electron chi connectivity index (χ0n) is 18.3. The minimum Gasteiger partial charge on any atom is -0.351 e. The van der Waals surface area contributed by atoms with E-state index in [1.54, 1.807) is 6.20 Å². The summed E-state index contributed by atoms with van der Waals surface area (Å²) in [6.07, 6.45) is 3.72. The lowest BCUT2D eigenvalue weighted by Gasteiger charge is -2.32. The lowest BCUT2D eigenvalue weighted by Crippen LogP contribution is -2.39. The third-order valence-corrected chi connectivity index (χ3v) is 5.92. The highest BCUT2D eigenvalue weighted by molar-refractivity contribution is 5.98. The van der Waals surface area contributed by atoms with E-state index in [2.05, 4.69) is 20.3 Å². The Kier molecular flexibility index (Phi) is 5.31. The molecule has 0 aliphatic carbocycles. The van der Waals surface area contributed by atoms with Crippen LogP contribution in [0.1, 0.15) is 46.3 Å². The number of para-hydroxylation sites is 1. The van der Waals surface area contributed by atoms with Gasteiger partial charge in [0.05, 0.1) is 5.69 Å². The van der Waals surface area contributed by atoms with Crippen molar-refractivity contribution in [3.63, 3.8) is 0 Å². The van der Waals surface area contributed by atoms with Gasteiger partial charge in [0, 0.05) is 42.2 Å². The molecule has 0 saturated carbocycles. The van der Waals surface area contributed by atoms with Gasteiger partial charge >= 0.3 is 0 Å². The number of aromatic amines is 1. The Morgan fingerprint density at radius 2 is 1.97 bits per heavy atom. The standard InChI is InChI=1S/C25H26N6O/c1-16-9-10-26-23(12-16)30-24-14-21(27-17(2)28-24)19-7-5-11-31(15-19)25(32)22-13-18-6-3-4-8-20(18)29-22/h3-4,6,8-10,12-14,19,29H,5,7,11,15H2,1-2H3,(H,26,27,28,30). The predicted octanol–water partition coefficient (Wildman–Crippen LogP) is 4.73. The van der Waals surface area contributed by atoms with Crippen LogP contribution in [0.5, 0.6) is 0 Å². The monoisotopic (exact) mass is 426 g/mol. The van der Waals surface area contributed by atoms with E-state index in [4.69, 9.17) is 4.98 Å². The van der Waals surface area contributed by atoms with Crippen LogP contribution in [-0.2, 0) is 0 Å². The first-order chi connectivity index (χ1) is 15.5. The van der Waals surface area contributed by atoms with E-state index in [-0.39, 0.29) is 11.8 Å². The number of nitrogens with one attached hydrogen (secondary N) is 2. The fraction of sp³-hybridized carbons (Fsp3) is 0.280. The molecule has 7 heteroatoms. The number of nitrogens with zero attached hydrogens (tertiary/aromatic N) is 4. The van der Waals surface area contributed by atoms with E-state index in [1.165, 1.54) is 0 Å². The van der Waals surface area contributed by atoms with Crippen molar-refractivity contribution in [3.05, 3.63) is 77.5 Å². The lowest BCUT2D eigenvalue weighted by atomic mass is 9.94. The summed E-state index contributed by atoms with van der Waals surface area (Å²) in [6, 6.07) is 15.8. The Bertz CT molecular complexity index is 1250. The van der Waals surface area contributed by atoms with Gasteiger partial charge in [0.1, 0.15) is 23.2 Å². The Morgan fingerprint density at radius 1 is 1.09 bits per heavy atom. The predicted molar refractivity (Wildman–Crippen MR) is 125 cm³/mol. The summed E-state index contributed by atoms with van der Waals surface area (Å²) >= 11 is 0. The molecule has 1 unspecified atom stereocenters. The van der Waals surface area contributed by atoms with Crippen molar-refractivity contribution in [2.75, 3.05) is 18.4 Å². The third-order valence-electron chi connectivity index (χ3n) is 5.92. The first-order valence-corrected chi connectivity index (χ1v) is 11.0. The van der Waals surface area contributed by atoms with Crippen molar-refractivity contribution < 1.29 is 4.79 Å². The number of H-pyrrole nitrogens is 1. The number of carbonyl (C=O) groups excluding carboxylic acids is 1. The van der Waals surface area contributed by atoms with Gasteiger partial charge in [0.2, 0.25) is 0 Å². The second-order valence-corrected chi connectivity index (χ2v) is 8.43. The molecular formula is C25H26N6O. The molecule has 0 spiro atoms. The maximum atomic E-state index is 13.2. The van der Waals surface area contributed by atoms with E-state index < -0.39 is 0 Å². The molecule has 1 aliphatic heterocycles. The van der Waals surface area contributed by atoms with Crippen LogP contribution in [0.2, 0.25) is 0 Å². The van der Waals surface area contributed by atoms with Crippen LogP contribution in [0.4, 0.5) is 11.6 Å². The van der Waals surface area contributed by atoms with Gasteiger partial charge in [0.25, 0.3) is 5.91 Å². The number of aromatic nitrogens is 4. The van der Waals surface area contributed by atoms with E-state index in [0.717, 1.165) is 53.2 Å². The number of piperidine rings is 1. The molecule has 1 atom stereocenters. The van der Waals surface area contributed by atoms with E-state index in [0.29, 0.717) is 18.1 Å². The first-order valence-electron chi connectivity index (χ1n) is 11.0. The highest BCUT2D eigenvalue weighted by atomic mass is 16.2. The SMILES string of the molecule is Cc1ccnc(Nc2cc(C3CCCN(C(=O)c4cc5ccccc5[nH]4)C3)nc(C)n2)c1. The Morgan fingerprint density at radius 3 is 2.81 bits per heavy atom.